The third kappa shape index (κ3) is 5.26. The first-order valence-corrected chi connectivity index (χ1v) is 7.37. The predicted molar refractivity (Wildman–Crippen MR) is 80.4 cm³/mol. The minimum Gasteiger partial charge on any atom is -0.408 e. The molecule has 0 bridgehead atoms. The molecule has 0 aliphatic rings. The van der Waals surface area contributed by atoms with Crippen LogP contribution in [0.4, 0.5) is 0 Å². The SMILES string of the molecule is O=NN(Cc1ccccc1)P(=O)(O)Oc1ccccc1.[Na]. The Bertz CT molecular complexity index is 612. The van der Waals surface area contributed by atoms with Crippen LogP contribution in [0.25, 0.3) is 0 Å². The van der Waals surface area contributed by atoms with Crippen LogP contribution in [0, 0.1) is 4.91 Å². The van der Waals surface area contributed by atoms with E-state index in [1.807, 2.05) is 0 Å². The molecular weight excluding hydrogens is 302 g/mol. The maximum atomic E-state index is 12.1. The topological polar surface area (TPSA) is 79.2 Å². The van der Waals surface area contributed by atoms with Crippen molar-refractivity contribution in [3.8, 4) is 5.75 Å². The smallest absolute Gasteiger partial charge is 0.408 e. The summed E-state index contributed by atoms with van der Waals surface area (Å²) in [5, 5.41) is 2.60. The molecule has 6 nitrogen and oxygen atoms in total. The molecule has 1 atom stereocenters. The third-order valence-electron chi connectivity index (χ3n) is 2.52. The molecule has 2 aromatic carbocycles. The van der Waals surface area contributed by atoms with Crippen molar-refractivity contribution < 1.29 is 14.0 Å². The maximum Gasteiger partial charge on any atom is 0.504 e. The van der Waals surface area contributed by atoms with E-state index in [4.69, 9.17) is 4.52 Å². The van der Waals surface area contributed by atoms with Gasteiger partial charge < -0.3 is 4.52 Å². The van der Waals surface area contributed by atoms with Gasteiger partial charge in [-0.1, -0.05) is 48.5 Å². The molecule has 2 rings (SSSR count). The Morgan fingerprint density at radius 1 is 1.05 bits per heavy atom. The van der Waals surface area contributed by atoms with Crippen molar-refractivity contribution in [2.75, 3.05) is 0 Å². The van der Waals surface area contributed by atoms with Gasteiger partial charge in [0.05, 0.1) is 11.8 Å². The Morgan fingerprint density at radius 3 is 2.10 bits per heavy atom. The van der Waals surface area contributed by atoms with Crippen LogP contribution in [0.15, 0.2) is 65.9 Å². The summed E-state index contributed by atoms with van der Waals surface area (Å²) in [6, 6.07) is 16.9. The van der Waals surface area contributed by atoms with E-state index >= 15 is 0 Å². The summed E-state index contributed by atoms with van der Waals surface area (Å²) in [7, 11) is -4.34. The first kappa shape index (κ1) is 17.9. The Morgan fingerprint density at radius 2 is 1.57 bits per heavy atom. The van der Waals surface area contributed by atoms with Crippen molar-refractivity contribution in [1.82, 2.24) is 4.78 Å². The molecule has 2 aromatic rings. The van der Waals surface area contributed by atoms with Gasteiger partial charge in [0.25, 0.3) is 0 Å². The number of benzene rings is 2. The first-order chi connectivity index (χ1) is 9.62. The van der Waals surface area contributed by atoms with Gasteiger partial charge in [-0.05, 0) is 17.7 Å². The number of para-hydroxylation sites is 1. The van der Waals surface area contributed by atoms with Gasteiger partial charge in [-0.2, -0.15) is 0 Å². The molecular formula is C13H13N2NaO4P. The summed E-state index contributed by atoms with van der Waals surface area (Å²) in [6.07, 6.45) is 0. The second-order valence-corrected chi connectivity index (χ2v) is 5.62. The monoisotopic (exact) mass is 315 g/mol. The summed E-state index contributed by atoms with van der Waals surface area (Å²) in [5.74, 6) is 0.194. The molecule has 0 saturated carbocycles. The van der Waals surface area contributed by atoms with Crippen molar-refractivity contribution in [2.45, 2.75) is 6.54 Å². The van der Waals surface area contributed by atoms with Gasteiger partial charge in [-0.15, -0.1) is 9.69 Å². The van der Waals surface area contributed by atoms with Crippen molar-refractivity contribution in [3.05, 3.63) is 71.1 Å². The number of rotatable bonds is 6. The molecule has 105 valence electrons. The molecule has 1 radical (unpaired) electrons. The number of nitroso groups, excluding NO2 is 1. The van der Waals surface area contributed by atoms with Crippen LogP contribution in [-0.4, -0.2) is 39.2 Å². The van der Waals surface area contributed by atoms with Gasteiger partial charge in [-0.25, -0.2) is 4.57 Å². The van der Waals surface area contributed by atoms with E-state index in [-0.39, 0.29) is 41.9 Å². The van der Waals surface area contributed by atoms with Crippen LogP contribution >= 0.6 is 7.75 Å². The van der Waals surface area contributed by atoms with Gasteiger partial charge in [0.2, 0.25) is 0 Å². The zero-order chi connectivity index (χ0) is 14.4. The van der Waals surface area contributed by atoms with Crippen LogP contribution in [0.5, 0.6) is 5.75 Å². The van der Waals surface area contributed by atoms with E-state index < -0.39 is 7.75 Å². The summed E-state index contributed by atoms with van der Waals surface area (Å²) >= 11 is 0. The molecule has 8 heteroatoms. The fraction of sp³-hybridized carbons (Fsp3) is 0.0769. The van der Waals surface area contributed by atoms with Crippen molar-refractivity contribution >= 4 is 37.3 Å². The van der Waals surface area contributed by atoms with E-state index in [1.54, 1.807) is 48.5 Å². The van der Waals surface area contributed by atoms with E-state index in [0.717, 1.165) is 0 Å². The molecule has 1 unspecified atom stereocenters. The van der Waals surface area contributed by atoms with E-state index in [1.165, 1.54) is 12.1 Å². The predicted octanol–water partition coefficient (Wildman–Crippen LogP) is 2.97. The largest absolute Gasteiger partial charge is 0.504 e. The van der Waals surface area contributed by atoms with E-state index in [9.17, 15) is 14.4 Å². The Kier molecular flexibility index (Phi) is 7.08. The van der Waals surface area contributed by atoms with Crippen LogP contribution in [0.2, 0.25) is 0 Å². The zero-order valence-electron chi connectivity index (χ0n) is 11.5. The van der Waals surface area contributed by atoms with Gasteiger partial charge >= 0.3 is 7.75 Å². The molecule has 0 saturated heterocycles. The Balaban J connectivity index is 0.00000220. The van der Waals surface area contributed by atoms with Crippen molar-refractivity contribution in [2.24, 2.45) is 5.29 Å². The van der Waals surface area contributed by atoms with Gasteiger partial charge in [0, 0.05) is 29.6 Å². The molecule has 0 aliphatic heterocycles. The molecule has 0 aromatic heterocycles. The normalized spacial score (nSPS) is 12.6. The average molecular weight is 315 g/mol. The molecule has 0 amide bonds. The fourth-order valence-corrected chi connectivity index (χ4v) is 2.50. The van der Waals surface area contributed by atoms with Crippen molar-refractivity contribution in [1.29, 1.82) is 0 Å². The fourth-order valence-electron chi connectivity index (χ4n) is 1.58. The summed E-state index contributed by atoms with van der Waals surface area (Å²) in [4.78, 5) is 20.7. The Labute approximate surface area is 144 Å². The molecule has 0 spiro atoms. The van der Waals surface area contributed by atoms with Crippen LogP contribution in [0.1, 0.15) is 5.56 Å². The molecule has 0 aliphatic carbocycles. The van der Waals surface area contributed by atoms with Gasteiger partial charge in [0.15, 0.2) is 0 Å². The maximum absolute atomic E-state index is 12.1. The molecule has 1 N–H and O–H groups in total. The summed E-state index contributed by atoms with van der Waals surface area (Å²) < 4.78 is 17.6. The quantitative estimate of drug-likeness (QED) is 0.384. The van der Waals surface area contributed by atoms with E-state index in [2.05, 4.69) is 5.29 Å². The standard InChI is InChI=1S/C13H13N2O4P.Na/c16-14-15(11-12-7-3-1-4-8-12)20(17,18)19-13-9-5-2-6-10-13;/h1-10H,11H2,(H,17,18);. The second-order valence-electron chi connectivity index (χ2n) is 3.99. The minimum absolute atomic E-state index is 0. The third-order valence-corrected chi connectivity index (χ3v) is 3.77. The van der Waals surface area contributed by atoms with Crippen molar-refractivity contribution in [3.63, 3.8) is 0 Å². The zero-order valence-corrected chi connectivity index (χ0v) is 14.4. The van der Waals surface area contributed by atoms with Gasteiger partial charge in [-0.3, -0.25) is 4.89 Å². The number of nitrogens with zero attached hydrogens (tertiary/aromatic N) is 2. The van der Waals surface area contributed by atoms with E-state index in [0.29, 0.717) is 10.3 Å². The molecule has 0 fully saturated rings. The number of hydrogen-bond donors (Lipinski definition) is 1. The second kappa shape index (κ2) is 8.32. The minimum atomic E-state index is -4.34. The Hall–Kier alpha value is -1.17. The van der Waals surface area contributed by atoms with Crippen LogP contribution in [-0.2, 0) is 11.1 Å². The molecule has 0 heterocycles. The molecule has 21 heavy (non-hydrogen) atoms. The van der Waals surface area contributed by atoms with Crippen LogP contribution < -0.4 is 4.52 Å². The summed E-state index contributed by atoms with van der Waals surface area (Å²) in [6.45, 7) is -0.106. The average Bonchev–Trinajstić information content (AvgIpc) is 2.46. The van der Waals surface area contributed by atoms with Crippen LogP contribution in [0.3, 0.4) is 0 Å². The number of hydrogen-bond acceptors (Lipinski definition) is 4. The summed E-state index contributed by atoms with van der Waals surface area (Å²) in [5.41, 5.74) is 0.679. The first-order valence-electron chi connectivity index (χ1n) is 5.84. The van der Waals surface area contributed by atoms with Gasteiger partial charge in [0.1, 0.15) is 5.75 Å².